The van der Waals surface area contributed by atoms with Crippen molar-refractivity contribution in [1.82, 2.24) is 25.1 Å². The van der Waals surface area contributed by atoms with Crippen LogP contribution >= 0.6 is 11.3 Å². The van der Waals surface area contributed by atoms with Gasteiger partial charge in [0.2, 0.25) is 5.82 Å². The molecule has 94 valence electrons. The van der Waals surface area contributed by atoms with Gasteiger partial charge in [-0.1, -0.05) is 0 Å². The van der Waals surface area contributed by atoms with Crippen molar-refractivity contribution >= 4 is 22.4 Å². The van der Waals surface area contributed by atoms with E-state index in [4.69, 9.17) is 0 Å². The number of piperazine rings is 1. The van der Waals surface area contributed by atoms with E-state index in [-0.39, 0.29) is 5.91 Å². The molecule has 2 aromatic rings. The highest BCUT2D eigenvalue weighted by Gasteiger charge is 2.24. The van der Waals surface area contributed by atoms with Crippen molar-refractivity contribution in [1.29, 1.82) is 0 Å². The number of aromatic nitrogens is 4. The highest BCUT2D eigenvalue weighted by molar-refractivity contribution is 7.13. The molecule has 8 heteroatoms. The van der Waals surface area contributed by atoms with Crippen LogP contribution in [-0.4, -0.2) is 57.2 Å². The molecule has 0 aromatic carbocycles. The second-order valence-corrected chi connectivity index (χ2v) is 4.80. The van der Waals surface area contributed by atoms with Crippen LogP contribution in [0.5, 0.6) is 0 Å². The lowest BCUT2D eigenvalue weighted by Gasteiger charge is -2.34. The molecule has 0 saturated carbocycles. The van der Waals surface area contributed by atoms with Gasteiger partial charge in [0.1, 0.15) is 6.33 Å². The Morgan fingerprint density at radius 2 is 2.11 bits per heavy atom. The summed E-state index contributed by atoms with van der Waals surface area (Å²) >= 11 is 1.62. The minimum absolute atomic E-state index is 0.0914. The lowest BCUT2D eigenvalue weighted by molar-refractivity contribution is 0.0735. The standard InChI is InChI=1S/C10H12N6OS/c17-9(8-12-7-13-14-8)15-2-4-16(5-3-15)10-11-1-6-18-10/h1,6-7H,2-5H2,(H,12,13,14). The summed E-state index contributed by atoms with van der Waals surface area (Å²) in [4.78, 5) is 24.1. The summed E-state index contributed by atoms with van der Waals surface area (Å²) < 4.78 is 0. The summed E-state index contributed by atoms with van der Waals surface area (Å²) in [6.07, 6.45) is 3.14. The summed E-state index contributed by atoms with van der Waals surface area (Å²) in [5.74, 6) is 0.212. The van der Waals surface area contributed by atoms with Crippen LogP contribution in [0.3, 0.4) is 0 Å². The Bertz CT molecular complexity index is 502. The first-order chi connectivity index (χ1) is 8.84. The van der Waals surface area contributed by atoms with Gasteiger partial charge in [-0.2, -0.15) is 5.10 Å². The number of thiazole rings is 1. The number of anilines is 1. The van der Waals surface area contributed by atoms with Gasteiger partial charge in [-0.15, -0.1) is 11.3 Å². The van der Waals surface area contributed by atoms with E-state index in [9.17, 15) is 4.79 Å². The van der Waals surface area contributed by atoms with Crippen LogP contribution in [0, 0.1) is 0 Å². The van der Waals surface area contributed by atoms with Gasteiger partial charge in [0.25, 0.3) is 5.91 Å². The van der Waals surface area contributed by atoms with Crippen LogP contribution in [0.1, 0.15) is 10.6 Å². The number of carbonyl (C=O) groups excluding carboxylic acids is 1. The molecule has 1 aliphatic heterocycles. The third-order valence-corrected chi connectivity index (χ3v) is 3.71. The maximum absolute atomic E-state index is 12.0. The number of nitrogens with one attached hydrogen (secondary N) is 1. The van der Waals surface area contributed by atoms with Gasteiger partial charge in [0, 0.05) is 37.8 Å². The second-order valence-electron chi connectivity index (χ2n) is 3.93. The minimum Gasteiger partial charge on any atom is -0.345 e. The molecular weight excluding hydrogens is 252 g/mol. The third kappa shape index (κ3) is 2.06. The zero-order chi connectivity index (χ0) is 12.4. The molecule has 3 rings (SSSR count). The SMILES string of the molecule is O=C(c1ncn[nH]1)N1CCN(c2nccs2)CC1. The molecule has 2 aromatic heterocycles. The molecule has 7 nitrogen and oxygen atoms in total. The molecule has 1 saturated heterocycles. The predicted molar refractivity (Wildman–Crippen MR) is 66.6 cm³/mol. The number of H-pyrrole nitrogens is 1. The Morgan fingerprint density at radius 3 is 2.72 bits per heavy atom. The molecule has 0 spiro atoms. The molecule has 0 radical (unpaired) electrons. The van der Waals surface area contributed by atoms with Gasteiger partial charge >= 0.3 is 0 Å². The normalized spacial score (nSPS) is 16.0. The number of rotatable bonds is 2. The van der Waals surface area contributed by atoms with Crippen molar-refractivity contribution in [2.75, 3.05) is 31.1 Å². The van der Waals surface area contributed by atoms with Gasteiger partial charge in [-0.25, -0.2) is 9.97 Å². The Hall–Kier alpha value is -1.96. The Kier molecular flexibility index (Phi) is 2.93. The molecule has 0 atom stereocenters. The number of amides is 1. The lowest BCUT2D eigenvalue weighted by Crippen LogP contribution is -2.49. The van der Waals surface area contributed by atoms with Crippen molar-refractivity contribution in [2.24, 2.45) is 0 Å². The highest BCUT2D eigenvalue weighted by Crippen LogP contribution is 2.19. The second kappa shape index (κ2) is 4.73. The van der Waals surface area contributed by atoms with Crippen LogP contribution < -0.4 is 4.90 Å². The molecule has 0 bridgehead atoms. The average Bonchev–Trinajstić information content (AvgIpc) is 3.11. The van der Waals surface area contributed by atoms with E-state index in [0.29, 0.717) is 18.9 Å². The summed E-state index contributed by atoms with van der Waals surface area (Å²) in [6.45, 7) is 2.96. The number of carbonyl (C=O) groups is 1. The molecule has 18 heavy (non-hydrogen) atoms. The van der Waals surface area contributed by atoms with Crippen LogP contribution in [0.25, 0.3) is 0 Å². The van der Waals surface area contributed by atoms with Crippen LogP contribution in [0.15, 0.2) is 17.9 Å². The summed E-state index contributed by atoms with van der Waals surface area (Å²) in [5, 5.41) is 9.26. The highest BCUT2D eigenvalue weighted by atomic mass is 32.1. The molecule has 1 aliphatic rings. The first kappa shape index (κ1) is 11.1. The van der Waals surface area contributed by atoms with Crippen LogP contribution in [0.2, 0.25) is 0 Å². The molecule has 1 N–H and O–H groups in total. The van der Waals surface area contributed by atoms with Crippen LogP contribution in [-0.2, 0) is 0 Å². The molecular formula is C10H12N6OS. The quantitative estimate of drug-likeness (QED) is 0.839. The number of hydrogen-bond acceptors (Lipinski definition) is 6. The monoisotopic (exact) mass is 264 g/mol. The van der Waals surface area contributed by atoms with E-state index in [1.807, 2.05) is 5.38 Å². The van der Waals surface area contributed by atoms with E-state index >= 15 is 0 Å². The smallest absolute Gasteiger partial charge is 0.291 e. The maximum Gasteiger partial charge on any atom is 0.291 e. The number of hydrogen-bond donors (Lipinski definition) is 1. The Balaban J connectivity index is 1.62. The zero-order valence-electron chi connectivity index (χ0n) is 9.61. The van der Waals surface area contributed by atoms with E-state index in [1.165, 1.54) is 6.33 Å². The van der Waals surface area contributed by atoms with Crippen molar-refractivity contribution in [3.8, 4) is 0 Å². The summed E-state index contributed by atoms with van der Waals surface area (Å²) in [7, 11) is 0. The third-order valence-electron chi connectivity index (χ3n) is 2.87. The largest absolute Gasteiger partial charge is 0.345 e. The molecule has 1 fully saturated rings. The predicted octanol–water partition coefficient (Wildman–Crippen LogP) is 0.224. The Morgan fingerprint density at radius 1 is 1.28 bits per heavy atom. The first-order valence-corrected chi connectivity index (χ1v) is 6.51. The molecule has 0 unspecified atom stereocenters. The van der Waals surface area contributed by atoms with Crippen molar-refractivity contribution in [3.05, 3.63) is 23.7 Å². The van der Waals surface area contributed by atoms with Gasteiger partial charge in [-0.05, 0) is 0 Å². The minimum atomic E-state index is -0.0914. The fourth-order valence-corrected chi connectivity index (χ4v) is 2.63. The molecule has 3 heterocycles. The number of aromatic amines is 1. The zero-order valence-corrected chi connectivity index (χ0v) is 10.4. The summed E-state index contributed by atoms with van der Waals surface area (Å²) in [6, 6.07) is 0. The fraction of sp³-hybridized carbons (Fsp3) is 0.400. The van der Waals surface area contributed by atoms with Crippen molar-refractivity contribution in [3.63, 3.8) is 0 Å². The van der Waals surface area contributed by atoms with Crippen molar-refractivity contribution < 1.29 is 4.79 Å². The van der Waals surface area contributed by atoms with E-state index in [1.54, 1.807) is 22.4 Å². The first-order valence-electron chi connectivity index (χ1n) is 5.63. The van der Waals surface area contributed by atoms with E-state index in [0.717, 1.165) is 18.2 Å². The molecule has 0 aliphatic carbocycles. The maximum atomic E-state index is 12.0. The van der Waals surface area contributed by atoms with E-state index in [2.05, 4.69) is 25.1 Å². The average molecular weight is 264 g/mol. The van der Waals surface area contributed by atoms with Gasteiger partial charge in [0.15, 0.2) is 5.13 Å². The summed E-state index contributed by atoms with van der Waals surface area (Å²) in [5.41, 5.74) is 0. The van der Waals surface area contributed by atoms with Gasteiger partial charge in [-0.3, -0.25) is 9.89 Å². The van der Waals surface area contributed by atoms with Gasteiger partial charge < -0.3 is 9.80 Å². The fourth-order valence-electron chi connectivity index (χ4n) is 1.93. The lowest BCUT2D eigenvalue weighted by atomic mass is 10.3. The van der Waals surface area contributed by atoms with E-state index < -0.39 is 0 Å². The van der Waals surface area contributed by atoms with Crippen molar-refractivity contribution in [2.45, 2.75) is 0 Å². The van der Waals surface area contributed by atoms with Crippen LogP contribution in [0.4, 0.5) is 5.13 Å². The molecule has 1 amide bonds. The number of nitrogens with zero attached hydrogens (tertiary/aromatic N) is 5. The van der Waals surface area contributed by atoms with Gasteiger partial charge in [0.05, 0.1) is 0 Å². The Labute approximate surface area is 107 Å². The topological polar surface area (TPSA) is 78.0 Å².